The Morgan fingerprint density at radius 2 is 1.42 bits per heavy atom. The first kappa shape index (κ1) is 16.8. The van der Waals surface area contributed by atoms with Gasteiger partial charge in [0.15, 0.2) is 0 Å². The Kier molecular flexibility index (Phi) is 8.47. The highest BCUT2D eigenvalue weighted by Gasteiger charge is 2.31. The molecule has 2 aliphatic rings. The summed E-state index contributed by atoms with van der Waals surface area (Å²) in [5.41, 5.74) is 11.2. The van der Waals surface area contributed by atoms with E-state index in [1.165, 1.54) is 0 Å². The van der Waals surface area contributed by atoms with E-state index < -0.39 is 5.66 Å². The summed E-state index contributed by atoms with van der Waals surface area (Å²) >= 11 is 0. The molecule has 0 saturated carbocycles. The van der Waals surface area contributed by atoms with Crippen LogP contribution in [-0.2, 0) is 0 Å². The molecule has 2 aliphatic heterocycles. The van der Waals surface area contributed by atoms with Gasteiger partial charge in [0, 0.05) is 71.9 Å². The fourth-order valence-electron chi connectivity index (χ4n) is 2.30. The molecule has 7 nitrogen and oxygen atoms in total. The Balaban J connectivity index is 0.000000250. The average molecular weight is 274 g/mol. The number of aliphatic hydroxyl groups excluding tert-OH is 1. The first-order chi connectivity index (χ1) is 9.23. The molecule has 0 bridgehead atoms. The number of rotatable bonds is 4. The van der Waals surface area contributed by atoms with Gasteiger partial charge in [-0.25, -0.2) is 0 Å². The van der Waals surface area contributed by atoms with Gasteiger partial charge in [-0.3, -0.25) is 4.90 Å². The first-order valence-corrected chi connectivity index (χ1v) is 7.20. The van der Waals surface area contributed by atoms with Gasteiger partial charge in [-0.1, -0.05) is 0 Å². The van der Waals surface area contributed by atoms with Crippen molar-refractivity contribution in [1.29, 1.82) is 0 Å². The molecule has 0 radical (unpaired) electrons. The van der Waals surface area contributed by atoms with Crippen LogP contribution in [0, 0.1) is 0 Å². The van der Waals surface area contributed by atoms with Crippen molar-refractivity contribution in [3.8, 4) is 0 Å². The maximum absolute atomic E-state index is 8.89. The third-order valence-electron chi connectivity index (χ3n) is 3.60. The van der Waals surface area contributed by atoms with Gasteiger partial charge in [-0.2, -0.15) is 0 Å². The first-order valence-electron chi connectivity index (χ1n) is 7.20. The van der Waals surface area contributed by atoms with E-state index in [9.17, 15) is 0 Å². The minimum atomic E-state index is -0.517. The summed E-state index contributed by atoms with van der Waals surface area (Å²) in [7, 11) is 0. The second-order valence-electron chi connectivity index (χ2n) is 5.02. The Morgan fingerprint density at radius 3 is 1.79 bits per heavy atom. The highest BCUT2D eigenvalue weighted by molar-refractivity contribution is 4.88. The highest BCUT2D eigenvalue weighted by Crippen LogP contribution is 2.12. The third kappa shape index (κ3) is 6.13. The van der Waals surface area contributed by atoms with E-state index in [1.54, 1.807) is 0 Å². The monoisotopic (exact) mass is 274 g/mol. The Bertz CT molecular complexity index is 209. The molecular formula is C12H30N6O. The molecule has 1 unspecified atom stereocenters. The van der Waals surface area contributed by atoms with Gasteiger partial charge in [0.1, 0.15) is 0 Å². The summed E-state index contributed by atoms with van der Waals surface area (Å²) in [6.45, 7) is 8.77. The fourth-order valence-corrected chi connectivity index (χ4v) is 2.30. The molecule has 19 heavy (non-hydrogen) atoms. The van der Waals surface area contributed by atoms with Crippen molar-refractivity contribution in [2.75, 3.05) is 65.5 Å². The number of hydrogen-bond acceptors (Lipinski definition) is 7. The number of piperazine rings is 2. The van der Waals surface area contributed by atoms with E-state index in [0.29, 0.717) is 13.0 Å². The fraction of sp³-hybridized carbons (Fsp3) is 1.00. The van der Waals surface area contributed by atoms with E-state index in [2.05, 4.69) is 20.9 Å². The molecule has 0 spiro atoms. The molecule has 8 N–H and O–H groups in total. The minimum absolute atomic E-state index is 0.0949. The quantitative estimate of drug-likeness (QED) is 0.325. The van der Waals surface area contributed by atoms with Gasteiger partial charge >= 0.3 is 0 Å². The number of nitrogens with one attached hydrogen (secondary N) is 3. The van der Waals surface area contributed by atoms with Crippen LogP contribution in [0.3, 0.4) is 0 Å². The molecule has 2 saturated heterocycles. The van der Waals surface area contributed by atoms with Crippen LogP contribution in [-0.4, -0.2) is 81.2 Å². The maximum Gasteiger partial charge on any atom is 0.0836 e. The molecule has 1 atom stereocenters. The molecule has 0 aromatic carbocycles. The largest absolute Gasteiger partial charge is 0.396 e. The maximum atomic E-state index is 8.89. The summed E-state index contributed by atoms with van der Waals surface area (Å²) in [5.74, 6) is 0. The van der Waals surface area contributed by atoms with Gasteiger partial charge in [-0.05, 0) is 0 Å². The molecular weight excluding hydrogens is 244 g/mol. The van der Waals surface area contributed by atoms with Gasteiger partial charge in [-0.15, -0.1) is 0 Å². The van der Waals surface area contributed by atoms with Crippen molar-refractivity contribution in [1.82, 2.24) is 20.9 Å². The number of nitrogens with zero attached hydrogens (tertiary/aromatic N) is 1. The predicted molar refractivity (Wildman–Crippen MR) is 77.9 cm³/mol. The lowest BCUT2D eigenvalue weighted by Crippen LogP contribution is -2.65. The molecule has 0 amide bonds. The van der Waals surface area contributed by atoms with Gasteiger partial charge in [0.25, 0.3) is 0 Å². The van der Waals surface area contributed by atoms with Gasteiger partial charge < -0.3 is 32.5 Å². The van der Waals surface area contributed by atoms with Crippen LogP contribution in [0.25, 0.3) is 0 Å². The van der Waals surface area contributed by atoms with Crippen molar-refractivity contribution in [3.05, 3.63) is 0 Å². The number of hydrogen-bond donors (Lipinski definition) is 6. The summed E-state index contributed by atoms with van der Waals surface area (Å²) in [6, 6.07) is 0. The minimum Gasteiger partial charge on any atom is -0.396 e. The van der Waals surface area contributed by atoms with E-state index in [1.807, 2.05) is 0 Å². The predicted octanol–water partition coefficient (Wildman–Crippen LogP) is -2.93. The summed E-state index contributed by atoms with van der Waals surface area (Å²) in [5, 5.41) is 18.6. The van der Waals surface area contributed by atoms with Crippen molar-refractivity contribution in [2.45, 2.75) is 12.1 Å². The second kappa shape index (κ2) is 9.60. The van der Waals surface area contributed by atoms with Crippen LogP contribution in [0.15, 0.2) is 0 Å². The number of nitrogens with two attached hydrogens (primary N) is 2. The molecule has 2 rings (SSSR count). The Morgan fingerprint density at radius 1 is 0.947 bits per heavy atom. The van der Waals surface area contributed by atoms with Crippen LogP contribution in [0.5, 0.6) is 0 Å². The molecule has 0 aromatic rings. The van der Waals surface area contributed by atoms with Crippen LogP contribution in [0.4, 0.5) is 0 Å². The Labute approximate surface area is 116 Å². The molecule has 114 valence electrons. The number of aliphatic hydroxyl groups is 1. The van der Waals surface area contributed by atoms with E-state index in [-0.39, 0.29) is 6.61 Å². The van der Waals surface area contributed by atoms with Crippen LogP contribution in [0.1, 0.15) is 6.42 Å². The third-order valence-corrected chi connectivity index (χ3v) is 3.60. The normalized spacial score (nSPS) is 24.2. The zero-order valence-corrected chi connectivity index (χ0v) is 11.8. The lowest BCUT2D eigenvalue weighted by molar-refractivity contribution is 0.0597. The van der Waals surface area contributed by atoms with Crippen molar-refractivity contribution in [3.63, 3.8) is 0 Å². The van der Waals surface area contributed by atoms with Crippen LogP contribution >= 0.6 is 0 Å². The lowest BCUT2D eigenvalue weighted by Gasteiger charge is -2.42. The Hall–Kier alpha value is -0.280. The highest BCUT2D eigenvalue weighted by atomic mass is 16.3. The molecule has 2 heterocycles. The van der Waals surface area contributed by atoms with Gasteiger partial charge in [0.2, 0.25) is 0 Å². The topological polar surface area (TPSA) is 112 Å². The van der Waals surface area contributed by atoms with E-state index in [4.69, 9.17) is 16.6 Å². The van der Waals surface area contributed by atoms with Crippen molar-refractivity contribution >= 4 is 0 Å². The van der Waals surface area contributed by atoms with Crippen LogP contribution < -0.4 is 27.4 Å². The van der Waals surface area contributed by atoms with E-state index in [0.717, 1.165) is 52.4 Å². The lowest BCUT2D eigenvalue weighted by atomic mass is 10.0. The molecule has 0 aromatic heterocycles. The van der Waals surface area contributed by atoms with Crippen molar-refractivity contribution in [2.24, 2.45) is 11.5 Å². The van der Waals surface area contributed by atoms with Crippen molar-refractivity contribution < 1.29 is 5.11 Å². The SMILES string of the molecule is C1CNCCN1.NCC(N)(CCO)N1CCNCC1. The zero-order chi connectivity index (χ0) is 14.0. The molecule has 2 fully saturated rings. The van der Waals surface area contributed by atoms with Crippen LogP contribution in [0.2, 0.25) is 0 Å². The standard InChI is InChI=1S/C8H20N4O.C4H10N2/c9-7-8(10,1-6-13)12-4-2-11-3-5-12;1-2-6-4-3-5-1/h11,13H,1-7,9-10H2;5-6H,1-4H2. The summed E-state index contributed by atoms with van der Waals surface area (Å²) < 4.78 is 0. The average Bonchev–Trinajstić information content (AvgIpc) is 2.51. The smallest absolute Gasteiger partial charge is 0.0836 e. The summed E-state index contributed by atoms with van der Waals surface area (Å²) in [4.78, 5) is 2.15. The summed E-state index contributed by atoms with van der Waals surface area (Å²) in [6.07, 6.45) is 0.545. The molecule has 7 heteroatoms. The zero-order valence-electron chi connectivity index (χ0n) is 11.8. The van der Waals surface area contributed by atoms with E-state index >= 15 is 0 Å². The second-order valence-corrected chi connectivity index (χ2v) is 5.02. The van der Waals surface area contributed by atoms with Gasteiger partial charge in [0.05, 0.1) is 5.66 Å². The molecule has 0 aliphatic carbocycles.